The Kier molecular flexibility index (Phi) is 6.37. The molecule has 3 heterocycles. The average Bonchev–Trinajstić information content (AvgIpc) is 3.67. The SMILES string of the molecule is Cc1nc2cc(C(F)(F)F)ccn2c1-c1csc(C2(c3ccc(C(=O)Nc4ccccc4N)cc3)CCCC2)n1. The van der Waals surface area contributed by atoms with Crippen LogP contribution < -0.4 is 11.1 Å². The van der Waals surface area contributed by atoms with Crippen molar-refractivity contribution in [1.82, 2.24) is 14.4 Å². The lowest BCUT2D eigenvalue weighted by atomic mass is 9.79. The van der Waals surface area contributed by atoms with Gasteiger partial charge in [0.15, 0.2) is 0 Å². The number of thiazole rings is 1. The molecule has 0 spiro atoms. The molecule has 0 bridgehead atoms. The first-order valence-corrected chi connectivity index (χ1v) is 13.8. The maximum atomic E-state index is 13.2. The Morgan fingerprint density at radius 2 is 1.77 bits per heavy atom. The molecule has 40 heavy (non-hydrogen) atoms. The summed E-state index contributed by atoms with van der Waals surface area (Å²) in [6.45, 7) is 1.78. The van der Waals surface area contributed by atoms with Gasteiger partial charge in [-0.25, -0.2) is 9.97 Å². The quantitative estimate of drug-likeness (QED) is 0.218. The monoisotopic (exact) mass is 561 g/mol. The number of benzene rings is 2. The number of nitrogens with zero attached hydrogens (tertiary/aromatic N) is 3. The zero-order valence-corrected chi connectivity index (χ0v) is 22.4. The van der Waals surface area contributed by atoms with Gasteiger partial charge in [0.25, 0.3) is 5.91 Å². The minimum absolute atomic E-state index is 0.235. The molecule has 1 amide bonds. The van der Waals surface area contributed by atoms with Gasteiger partial charge in [-0.2, -0.15) is 13.2 Å². The van der Waals surface area contributed by atoms with Crippen LogP contribution in [0, 0.1) is 6.92 Å². The third-order valence-electron chi connectivity index (χ3n) is 7.65. The van der Waals surface area contributed by atoms with Crippen molar-refractivity contribution in [1.29, 1.82) is 0 Å². The number of aromatic nitrogens is 3. The number of hydrogen-bond donors (Lipinski definition) is 2. The molecule has 1 aliphatic carbocycles. The van der Waals surface area contributed by atoms with E-state index in [-0.39, 0.29) is 17.0 Å². The van der Waals surface area contributed by atoms with Crippen molar-refractivity contribution in [3.63, 3.8) is 0 Å². The minimum atomic E-state index is -4.43. The Bertz CT molecular complexity index is 1720. The lowest BCUT2D eigenvalue weighted by molar-refractivity contribution is -0.137. The molecule has 3 aromatic heterocycles. The number of hydrogen-bond acceptors (Lipinski definition) is 5. The molecule has 3 N–H and O–H groups in total. The minimum Gasteiger partial charge on any atom is -0.397 e. The van der Waals surface area contributed by atoms with E-state index < -0.39 is 11.7 Å². The number of carbonyl (C=O) groups excluding carboxylic acids is 1. The van der Waals surface area contributed by atoms with Gasteiger partial charge in [-0.1, -0.05) is 37.1 Å². The van der Waals surface area contributed by atoms with Gasteiger partial charge in [0.2, 0.25) is 0 Å². The van der Waals surface area contributed by atoms with Gasteiger partial charge < -0.3 is 11.1 Å². The number of carbonyl (C=O) groups is 1. The van der Waals surface area contributed by atoms with E-state index >= 15 is 0 Å². The van der Waals surface area contributed by atoms with Crippen molar-refractivity contribution < 1.29 is 18.0 Å². The summed E-state index contributed by atoms with van der Waals surface area (Å²) in [4.78, 5) is 22.3. The molecule has 0 atom stereocenters. The highest BCUT2D eigenvalue weighted by atomic mass is 32.1. The summed E-state index contributed by atoms with van der Waals surface area (Å²) in [5.41, 5.74) is 9.85. The first kappa shape index (κ1) is 26.1. The molecule has 0 aliphatic heterocycles. The van der Waals surface area contributed by atoms with Crippen LogP contribution in [0.1, 0.15) is 57.9 Å². The van der Waals surface area contributed by atoms with Crippen LogP contribution in [0.3, 0.4) is 0 Å². The first-order chi connectivity index (χ1) is 19.2. The van der Waals surface area contributed by atoms with Crippen molar-refractivity contribution >= 4 is 34.3 Å². The van der Waals surface area contributed by atoms with Crippen LogP contribution in [0.5, 0.6) is 0 Å². The van der Waals surface area contributed by atoms with Crippen LogP contribution in [-0.2, 0) is 11.6 Å². The molecule has 5 aromatic rings. The number of aryl methyl sites for hydroxylation is 1. The second-order valence-corrected chi connectivity index (χ2v) is 11.0. The van der Waals surface area contributed by atoms with Crippen LogP contribution in [0.2, 0.25) is 0 Å². The molecule has 2 aromatic carbocycles. The van der Waals surface area contributed by atoms with Crippen molar-refractivity contribution in [3.05, 3.63) is 99.6 Å². The summed E-state index contributed by atoms with van der Waals surface area (Å²) < 4.78 is 41.4. The number of imidazole rings is 1. The summed E-state index contributed by atoms with van der Waals surface area (Å²) in [7, 11) is 0. The fourth-order valence-corrected chi connectivity index (χ4v) is 6.69. The van der Waals surface area contributed by atoms with Crippen molar-refractivity contribution in [2.75, 3.05) is 11.1 Å². The summed E-state index contributed by atoms with van der Waals surface area (Å²) in [6.07, 6.45) is 0.930. The fourth-order valence-electron chi connectivity index (χ4n) is 5.60. The Hall–Kier alpha value is -4.18. The normalized spacial score (nSPS) is 15.0. The molecule has 6 rings (SSSR count). The summed E-state index contributed by atoms with van der Waals surface area (Å²) >= 11 is 1.55. The highest BCUT2D eigenvalue weighted by Crippen LogP contribution is 2.48. The average molecular weight is 562 g/mol. The molecule has 6 nitrogen and oxygen atoms in total. The summed E-state index contributed by atoms with van der Waals surface area (Å²) in [6, 6.07) is 16.9. The smallest absolute Gasteiger partial charge is 0.397 e. The Morgan fingerprint density at radius 3 is 2.48 bits per heavy atom. The number of fused-ring (bicyclic) bond motifs is 1. The number of nitrogen functional groups attached to an aromatic ring is 1. The molecule has 0 radical (unpaired) electrons. The van der Waals surface area contributed by atoms with Gasteiger partial charge in [-0.05, 0) is 61.7 Å². The Balaban J connectivity index is 1.31. The molecule has 0 unspecified atom stereocenters. The number of nitrogens with two attached hydrogens (primary N) is 1. The summed E-state index contributed by atoms with van der Waals surface area (Å²) in [5, 5.41) is 5.77. The molecule has 204 valence electrons. The van der Waals surface area contributed by atoms with Gasteiger partial charge in [0.05, 0.1) is 28.3 Å². The van der Waals surface area contributed by atoms with Crippen LogP contribution in [0.4, 0.5) is 24.5 Å². The highest BCUT2D eigenvalue weighted by molar-refractivity contribution is 7.10. The van der Waals surface area contributed by atoms with Gasteiger partial charge in [0, 0.05) is 22.6 Å². The third kappa shape index (κ3) is 4.52. The van der Waals surface area contributed by atoms with Crippen LogP contribution >= 0.6 is 11.3 Å². The lowest BCUT2D eigenvalue weighted by Gasteiger charge is -2.27. The molecular weight excluding hydrogens is 535 g/mol. The van der Waals surface area contributed by atoms with Crippen LogP contribution in [0.15, 0.2) is 72.2 Å². The number of rotatable bonds is 5. The highest BCUT2D eigenvalue weighted by Gasteiger charge is 2.40. The van der Waals surface area contributed by atoms with Crippen molar-refractivity contribution in [3.8, 4) is 11.4 Å². The van der Waals surface area contributed by atoms with E-state index in [1.54, 1.807) is 34.8 Å². The predicted molar refractivity (Wildman–Crippen MR) is 151 cm³/mol. The van der Waals surface area contributed by atoms with E-state index in [1.807, 2.05) is 41.8 Å². The molecule has 1 fully saturated rings. The van der Waals surface area contributed by atoms with Crippen LogP contribution in [-0.4, -0.2) is 20.3 Å². The molecular formula is C30H26F3N5OS. The number of pyridine rings is 1. The van der Waals surface area contributed by atoms with Gasteiger partial charge >= 0.3 is 6.18 Å². The second-order valence-electron chi connectivity index (χ2n) is 10.1. The predicted octanol–water partition coefficient (Wildman–Crippen LogP) is 7.48. The van der Waals surface area contributed by atoms with E-state index in [0.717, 1.165) is 48.4 Å². The van der Waals surface area contributed by atoms with Gasteiger partial charge in [-0.3, -0.25) is 9.20 Å². The number of amides is 1. The molecule has 1 saturated carbocycles. The Morgan fingerprint density at radius 1 is 1.05 bits per heavy atom. The van der Waals surface area contributed by atoms with E-state index in [4.69, 9.17) is 10.7 Å². The van der Waals surface area contributed by atoms with E-state index in [1.165, 1.54) is 6.20 Å². The molecule has 10 heteroatoms. The number of nitrogens with one attached hydrogen (secondary N) is 1. The number of anilines is 2. The van der Waals surface area contributed by atoms with Crippen molar-refractivity contribution in [2.24, 2.45) is 0 Å². The maximum Gasteiger partial charge on any atom is 0.416 e. The molecule has 0 saturated heterocycles. The zero-order valence-electron chi connectivity index (χ0n) is 21.6. The van der Waals surface area contributed by atoms with Gasteiger partial charge in [-0.15, -0.1) is 11.3 Å². The molecule has 1 aliphatic rings. The first-order valence-electron chi connectivity index (χ1n) is 12.9. The fraction of sp³-hybridized carbons (Fsp3) is 0.233. The van der Waals surface area contributed by atoms with Crippen molar-refractivity contribution in [2.45, 2.75) is 44.2 Å². The van der Waals surface area contributed by atoms with E-state index in [2.05, 4.69) is 10.3 Å². The van der Waals surface area contributed by atoms with Gasteiger partial charge in [0.1, 0.15) is 16.3 Å². The maximum absolute atomic E-state index is 13.2. The number of alkyl halides is 3. The summed E-state index contributed by atoms with van der Waals surface area (Å²) in [5.74, 6) is -0.238. The van der Waals surface area contributed by atoms with E-state index in [0.29, 0.717) is 34.0 Å². The largest absolute Gasteiger partial charge is 0.416 e. The van der Waals surface area contributed by atoms with Crippen LogP contribution in [0.25, 0.3) is 17.0 Å². The Labute approximate surface area is 232 Å². The topological polar surface area (TPSA) is 85.3 Å². The lowest BCUT2D eigenvalue weighted by Crippen LogP contribution is -2.24. The third-order valence-corrected chi connectivity index (χ3v) is 8.70. The number of para-hydroxylation sites is 2. The van der Waals surface area contributed by atoms with E-state index in [9.17, 15) is 18.0 Å². The zero-order chi connectivity index (χ0) is 28.1. The number of halogens is 3. The standard InChI is InChI=1S/C30H26F3N5OS/c1-18-26(38-15-12-21(30(31,32)33)16-25(38)35-18)24-17-40-28(37-24)29(13-4-5-14-29)20-10-8-19(9-11-20)27(39)36-23-7-3-2-6-22(23)34/h2-3,6-12,15-17H,4-5,13-14,34H2,1H3,(H,36,39). The second kappa shape index (κ2) is 9.78.